The third-order valence-electron chi connectivity index (χ3n) is 3.86. The highest BCUT2D eigenvalue weighted by atomic mass is 35.5. The predicted octanol–water partition coefficient (Wildman–Crippen LogP) is 5.08. The van der Waals surface area contributed by atoms with Crippen LogP contribution in [0.5, 0.6) is 0 Å². The molecule has 114 valence electrons. The molecule has 3 aromatic rings. The van der Waals surface area contributed by atoms with Crippen molar-refractivity contribution in [2.45, 2.75) is 6.92 Å². The van der Waals surface area contributed by atoms with E-state index in [1.54, 1.807) is 0 Å². The van der Waals surface area contributed by atoms with E-state index < -0.39 is 7.26 Å². The van der Waals surface area contributed by atoms with E-state index in [1.165, 1.54) is 15.9 Å². The summed E-state index contributed by atoms with van der Waals surface area (Å²) in [5, 5.41) is 4.78. The highest BCUT2D eigenvalue weighted by Gasteiger charge is 2.43. The first-order valence-electron chi connectivity index (χ1n) is 7.64. The van der Waals surface area contributed by atoms with Gasteiger partial charge in [-0.05, 0) is 43.3 Å². The molecule has 0 amide bonds. The van der Waals surface area contributed by atoms with Crippen LogP contribution in [0.2, 0.25) is 0 Å². The lowest BCUT2D eigenvalue weighted by molar-refractivity contribution is 1.68. The molecule has 0 atom stereocenters. The number of rotatable bonds is 4. The summed E-state index contributed by atoms with van der Waals surface area (Å²) in [6, 6.07) is 32.1. The van der Waals surface area contributed by atoms with E-state index in [9.17, 15) is 0 Å². The summed E-state index contributed by atoms with van der Waals surface area (Å²) in [6.45, 7) is 1.96. The minimum atomic E-state index is -1.90. The molecule has 0 nitrogen and oxygen atoms in total. The maximum absolute atomic E-state index is 6.40. The number of benzene rings is 3. The summed E-state index contributed by atoms with van der Waals surface area (Å²) in [4.78, 5) is 0. The Bertz CT molecular complexity index is 679. The zero-order chi connectivity index (χ0) is 16.1. The van der Waals surface area contributed by atoms with Gasteiger partial charge in [-0.2, -0.15) is 0 Å². The molecular formula is C21H19ClP+. The van der Waals surface area contributed by atoms with Gasteiger partial charge < -0.3 is 0 Å². The topological polar surface area (TPSA) is 0 Å². The fourth-order valence-electron chi connectivity index (χ4n) is 2.93. The zero-order valence-corrected chi connectivity index (χ0v) is 14.7. The Morgan fingerprint density at radius 2 is 0.957 bits per heavy atom. The van der Waals surface area contributed by atoms with Crippen LogP contribution >= 0.6 is 18.9 Å². The Kier molecular flexibility index (Phi) is 4.96. The van der Waals surface area contributed by atoms with Gasteiger partial charge in [-0.15, -0.1) is 0 Å². The fraction of sp³-hybridized carbons (Fsp3) is 0.0476. The summed E-state index contributed by atoms with van der Waals surface area (Å²) in [7, 11) is -1.90. The van der Waals surface area contributed by atoms with Crippen molar-refractivity contribution in [1.29, 1.82) is 0 Å². The second kappa shape index (κ2) is 7.13. The first-order chi connectivity index (χ1) is 11.2. The van der Waals surface area contributed by atoms with Crippen LogP contribution in [0.15, 0.2) is 102 Å². The molecule has 0 heterocycles. The molecule has 0 aromatic heterocycles. The first-order valence-corrected chi connectivity index (χ1v) is 9.87. The summed E-state index contributed by atoms with van der Waals surface area (Å²) in [5.41, 5.74) is 0. The summed E-state index contributed by atoms with van der Waals surface area (Å²) < 4.78 is 0. The number of halogens is 1. The van der Waals surface area contributed by atoms with Crippen LogP contribution in [0.3, 0.4) is 0 Å². The van der Waals surface area contributed by atoms with Crippen molar-refractivity contribution in [3.8, 4) is 0 Å². The second-order valence-corrected chi connectivity index (χ2v) is 9.29. The molecule has 2 heteroatoms. The molecule has 0 radical (unpaired) electrons. The smallest absolute Gasteiger partial charge is 0.0858 e. The van der Waals surface area contributed by atoms with Crippen molar-refractivity contribution < 1.29 is 0 Å². The van der Waals surface area contributed by atoms with E-state index in [4.69, 9.17) is 11.6 Å². The number of hydrogen-bond acceptors (Lipinski definition) is 0. The molecule has 3 rings (SSSR count). The Morgan fingerprint density at radius 3 is 1.22 bits per heavy atom. The van der Waals surface area contributed by atoms with Crippen molar-refractivity contribution in [3.63, 3.8) is 0 Å². The molecule has 0 spiro atoms. The highest BCUT2D eigenvalue weighted by molar-refractivity contribution is 7.98. The van der Waals surface area contributed by atoms with Crippen molar-refractivity contribution in [2.24, 2.45) is 0 Å². The average Bonchev–Trinajstić information content (AvgIpc) is 2.62. The van der Waals surface area contributed by atoms with Gasteiger partial charge in [0.1, 0.15) is 23.2 Å². The van der Waals surface area contributed by atoms with Crippen LogP contribution in [-0.4, -0.2) is 0 Å². The molecule has 0 aliphatic heterocycles. The molecule has 0 fully saturated rings. The monoisotopic (exact) mass is 337 g/mol. The van der Waals surface area contributed by atoms with E-state index in [0.717, 1.165) is 5.03 Å². The summed E-state index contributed by atoms with van der Waals surface area (Å²) >= 11 is 6.40. The Balaban J connectivity index is 2.38. The van der Waals surface area contributed by atoms with Crippen LogP contribution < -0.4 is 15.9 Å². The summed E-state index contributed by atoms with van der Waals surface area (Å²) in [6.07, 6.45) is 0. The van der Waals surface area contributed by atoms with Gasteiger partial charge in [-0.25, -0.2) is 0 Å². The third-order valence-corrected chi connectivity index (χ3v) is 8.24. The molecule has 0 saturated heterocycles. The van der Waals surface area contributed by atoms with Gasteiger partial charge in [-0.3, -0.25) is 0 Å². The van der Waals surface area contributed by atoms with Gasteiger partial charge in [0.25, 0.3) is 0 Å². The molecule has 0 aliphatic rings. The fourth-order valence-corrected chi connectivity index (χ4v) is 7.17. The van der Waals surface area contributed by atoms with Crippen LogP contribution in [0.4, 0.5) is 0 Å². The molecule has 0 aliphatic carbocycles. The lowest BCUT2D eigenvalue weighted by Gasteiger charge is -2.24. The number of hydrogen-bond donors (Lipinski definition) is 0. The van der Waals surface area contributed by atoms with Gasteiger partial charge in [0.05, 0.1) is 10.8 Å². The Morgan fingerprint density at radius 1 is 0.652 bits per heavy atom. The van der Waals surface area contributed by atoms with Crippen LogP contribution in [-0.2, 0) is 0 Å². The second-order valence-electron chi connectivity index (χ2n) is 5.45. The Hall–Kier alpha value is -1.88. The maximum atomic E-state index is 6.40. The lowest BCUT2D eigenvalue weighted by atomic mass is 10.4. The average molecular weight is 338 g/mol. The van der Waals surface area contributed by atoms with E-state index in [-0.39, 0.29) is 0 Å². The highest BCUT2D eigenvalue weighted by Crippen LogP contribution is 2.57. The van der Waals surface area contributed by atoms with Gasteiger partial charge in [0, 0.05) is 0 Å². The third kappa shape index (κ3) is 3.24. The minimum absolute atomic E-state index is 0.829. The van der Waals surface area contributed by atoms with Gasteiger partial charge in [0.2, 0.25) is 0 Å². The quantitative estimate of drug-likeness (QED) is 0.582. The molecular weight excluding hydrogens is 319 g/mol. The minimum Gasteiger partial charge on any atom is -0.0858 e. The standard InChI is InChI=1S/C21H19ClP/c1-18(22)17-23(19-11-5-2-6-12-19,20-13-7-3-8-14-20)21-15-9-4-10-16-21/h2-17H,1H3/q+1. The van der Waals surface area contributed by atoms with Gasteiger partial charge in [0.15, 0.2) is 0 Å². The maximum Gasteiger partial charge on any atom is 0.138 e. The normalized spacial score (nSPS) is 12.2. The SMILES string of the molecule is CC(Cl)=C[P+](c1ccccc1)(c1ccccc1)c1ccccc1. The van der Waals surface area contributed by atoms with Crippen LogP contribution in [0, 0.1) is 0 Å². The van der Waals surface area contributed by atoms with E-state index >= 15 is 0 Å². The molecule has 0 bridgehead atoms. The first kappa shape index (κ1) is 16.0. The largest absolute Gasteiger partial charge is 0.138 e. The molecule has 23 heavy (non-hydrogen) atoms. The zero-order valence-electron chi connectivity index (χ0n) is 13.1. The van der Waals surface area contributed by atoms with Crippen LogP contribution in [0.1, 0.15) is 6.92 Å². The van der Waals surface area contributed by atoms with Crippen molar-refractivity contribution in [2.75, 3.05) is 0 Å². The summed E-state index contributed by atoms with van der Waals surface area (Å²) in [5.74, 6) is 2.26. The van der Waals surface area contributed by atoms with Crippen molar-refractivity contribution >= 4 is 34.8 Å². The molecule has 0 unspecified atom stereocenters. The number of allylic oxidation sites excluding steroid dienone is 1. The van der Waals surface area contributed by atoms with E-state index in [2.05, 4.69) is 96.8 Å². The van der Waals surface area contributed by atoms with Crippen LogP contribution in [0.25, 0.3) is 0 Å². The molecule has 0 N–H and O–H groups in total. The van der Waals surface area contributed by atoms with Crippen molar-refractivity contribution in [1.82, 2.24) is 0 Å². The van der Waals surface area contributed by atoms with E-state index in [1.807, 2.05) is 6.92 Å². The predicted molar refractivity (Wildman–Crippen MR) is 105 cm³/mol. The lowest BCUT2D eigenvalue weighted by Crippen LogP contribution is -2.29. The molecule has 3 aromatic carbocycles. The van der Waals surface area contributed by atoms with Crippen molar-refractivity contribution in [3.05, 3.63) is 102 Å². The van der Waals surface area contributed by atoms with Gasteiger partial charge in [-0.1, -0.05) is 66.2 Å². The van der Waals surface area contributed by atoms with Gasteiger partial charge >= 0.3 is 0 Å². The molecule has 0 saturated carbocycles. The Labute approximate surface area is 143 Å². The van der Waals surface area contributed by atoms with E-state index in [0.29, 0.717) is 0 Å².